The van der Waals surface area contributed by atoms with Crippen LogP contribution in [-0.4, -0.2) is 42.5 Å². The monoisotopic (exact) mass is 465 g/mol. The van der Waals surface area contributed by atoms with Crippen molar-refractivity contribution in [2.45, 2.75) is 25.6 Å². The van der Waals surface area contributed by atoms with Gasteiger partial charge in [0.15, 0.2) is 0 Å². The quantitative estimate of drug-likeness (QED) is 0.722. The van der Waals surface area contributed by atoms with E-state index in [1.165, 1.54) is 6.07 Å². The molecule has 1 aliphatic rings. The average molecular weight is 467 g/mol. The predicted octanol–water partition coefficient (Wildman–Crippen LogP) is 3.70. The Hall–Kier alpha value is -0.700. The van der Waals surface area contributed by atoms with Crippen molar-refractivity contribution in [2.24, 2.45) is 5.73 Å². The van der Waals surface area contributed by atoms with Crippen molar-refractivity contribution in [3.8, 4) is 0 Å². The van der Waals surface area contributed by atoms with E-state index >= 15 is 0 Å². The average Bonchev–Trinajstić information content (AvgIpc) is 2.45. The van der Waals surface area contributed by atoms with Crippen LogP contribution in [0.2, 0.25) is 0 Å². The van der Waals surface area contributed by atoms with Crippen LogP contribution in [0, 0.1) is 0 Å². The van der Waals surface area contributed by atoms with Gasteiger partial charge in [-0.3, -0.25) is 4.79 Å². The van der Waals surface area contributed by atoms with Gasteiger partial charge in [-0.05, 0) is 32.0 Å². The fourth-order valence-electron chi connectivity index (χ4n) is 2.57. The lowest BCUT2D eigenvalue weighted by Gasteiger charge is -2.39. The van der Waals surface area contributed by atoms with E-state index in [9.17, 15) is 18.0 Å². The Morgan fingerprint density at radius 2 is 1.64 bits per heavy atom. The van der Waals surface area contributed by atoms with Gasteiger partial charge in [0.25, 0.3) is 0 Å². The molecule has 0 aliphatic carbocycles. The largest absolute Gasteiger partial charge is 0.418 e. The van der Waals surface area contributed by atoms with Crippen molar-refractivity contribution in [1.82, 2.24) is 4.90 Å². The first-order valence-corrected chi connectivity index (χ1v) is 7.99. The van der Waals surface area contributed by atoms with Crippen LogP contribution in [0.5, 0.6) is 0 Å². The maximum absolute atomic E-state index is 13.2. The second kappa shape index (κ2) is 8.79. The molecule has 1 fully saturated rings. The number of piperazine rings is 1. The molecule has 0 spiro atoms. The molecule has 1 amide bonds. The summed E-state index contributed by atoms with van der Waals surface area (Å²) in [5.41, 5.74) is 4.28. The minimum absolute atomic E-state index is 0. The zero-order chi connectivity index (χ0) is 17.4. The van der Waals surface area contributed by atoms with E-state index in [0.29, 0.717) is 30.7 Å². The molecule has 0 aromatic heterocycles. The number of rotatable bonds is 2. The number of hydrogen-bond acceptors (Lipinski definition) is 3. The normalized spacial score (nSPS) is 15.3. The summed E-state index contributed by atoms with van der Waals surface area (Å²) in [5.74, 6) is -0.191. The molecule has 0 radical (unpaired) electrons. The van der Waals surface area contributed by atoms with Crippen LogP contribution in [0.25, 0.3) is 0 Å². The first-order valence-electron chi connectivity index (χ1n) is 7.20. The maximum Gasteiger partial charge on any atom is 0.418 e. The summed E-state index contributed by atoms with van der Waals surface area (Å²) in [6, 6.07) is 4.12. The molecule has 1 saturated heterocycles. The van der Waals surface area contributed by atoms with Crippen molar-refractivity contribution < 1.29 is 18.0 Å². The van der Waals surface area contributed by atoms with E-state index < -0.39 is 17.3 Å². The minimum atomic E-state index is -4.43. The van der Waals surface area contributed by atoms with Gasteiger partial charge in [-0.15, -0.1) is 24.8 Å². The summed E-state index contributed by atoms with van der Waals surface area (Å²) < 4.78 is 40.0. The molecule has 1 aliphatic heterocycles. The van der Waals surface area contributed by atoms with Crippen molar-refractivity contribution in [3.05, 3.63) is 28.2 Å². The van der Waals surface area contributed by atoms with E-state index in [0.717, 1.165) is 6.07 Å². The Bertz CT molecular complexity index is 601. The van der Waals surface area contributed by atoms with Gasteiger partial charge in [-0.2, -0.15) is 13.2 Å². The van der Waals surface area contributed by atoms with Crippen LogP contribution < -0.4 is 10.6 Å². The van der Waals surface area contributed by atoms with Gasteiger partial charge in [0.05, 0.1) is 11.1 Å². The molecule has 1 aromatic carbocycles. The van der Waals surface area contributed by atoms with Gasteiger partial charge >= 0.3 is 6.18 Å². The molecule has 2 N–H and O–H groups in total. The smallest absolute Gasteiger partial charge is 0.367 e. The summed E-state index contributed by atoms with van der Waals surface area (Å²) in [7, 11) is 0. The third-order valence-electron chi connectivity index (χ3n) is 3.72. The highest BCUT2D eigenvalue weighted by Gasteiger charge is 2.36. The standard InChI is InChI=1S/C15H19BrF3N3O.2ClH/c1-14(2,20)13(23)22-7-5-21(6-8-22)12-4-3-10(16)9-11(12)15(17,18)19;;/h3-4,9H,5-8,20H2,1-2H3;2*1H. The number of anilines is 1. The van der Waals surface area contributed by atoms with Crippen molar-refractivity contribution in [1.29, 1.82) is 0 Å². The molecule has 0 bridgehead atoms. The van der Waals surface area contributed by atoms with Crippen LogP contribution in [-0.2, 0) is 11.0 Å². The lowest BCUT2D eigenvalue weighted by molar-refractivity contribution is -0.138. The lowest BCUT2D eigenvalue weighted by atomic mass is 10.0. The van der Waals surface area contributed by atoms with Gasteiger partial charge in [0, 0.05) is 36.3 Å². The number of nitrogens with two attached hydrogens (primary N) is 1. The van der Waals surface area contributed by atoms with Crippen LogP contribution in [0.4, 0.5) is 18.9 Å². The Kier molecular flexibility index (Phi) is 8.55. The van der Waals surface area contributed by atoms with Crippen molar-refractivity contribution in [3.63, 3.8) is 0 Å². The first-order chi connectivity index (χ1) is 10.5. The number of carbonyl (C=O) groups is 1. The molecule has 25 heavy (non-hydrogen) atoms. The van der Waals surface area contributed by atoms with E-state index in [1.54, 1.807) is 29.7 Å². The summed E-state index contributed by atoms with van der Waals surface area (Å²) in [6.45, 7) is 4.63. The Balaban J connectivity index is 0.00000288. The molecule has 0 saturated carbocycles. The minimum Gasteiger partial charge on any atom is -0.367 e. The van der Waals surface area contributed by atoms with Gasteiger partial charge in [-0.1, -0.05) is 15.9 Å². The van der Waals surface area contributed by atoms with Crippen LogP contribution in [0.15, 0.2) is 22.7 Å². The van der Waals surface area contributed by atoms with Gasteiger partial charge < -0.3 is 15.5 Å². The number of amides is 1. The number of benzene rings is 1. The molecule has 1 heterocycles. The lowest BCUT2D eigenvalue weighted by Crippen LogP contribution is -2.57. The number of nitrogens with zero attached hydrogens (tertiary/aromatic N) is 2. The second-order valence-electron chi connectivity index (χ2n) is 6.16. The topological polar surface area (TPSA) is 49.6 Å². The highest BCUT2D eigenvalue weighted by atomic mass is 79.9. The van der Waals surface area contributed by atoms with Crippen LogP contribution >= 0.6 is 40.7 Å². The van der Waals surface area contributed by atoms with Crippen molar-refractivity contribution >= 4 is 52.3 Å². The highest BCUT2D eigenvalue weighted by molar-refractivity contribution is 9.10. The summed E-state index contributed by atoms with van der Waals surface area (Å²) in [4.78, 5) is 15.4. The Labute approximate surface area is 165 Å². The predicted molar refractivity (Wildman–Crippen MR) is 101 cm³/mol. The maximum atomic E-state index is 13.2. The zero-order valence-corrected chi connectivity index (χ0v) is 17.0. The Morgan fingerprint density at radius 1 is 1.12 bits per heavy atom. The number of hydrogen-bond donors (Lipinski definition) is 1. The molecule has 10 heteroatoms. The van der Waals surface area contributed by atoms with Crippen molar-refractivity contribution in [2.75, 3.05) is 31.1 Å². The molecule has 0 atom stereocenters. The van der Waals surface area contributed by atoms with Gasteiger partial charge in [0.1, 0.15) is 0 Å². The Morgan fingerprint density at radius 3 is 2.08 bits per heavy atom. The second-order valence-corrected chi connectivity index (χ2v) is 7.08. The van der Waals surface area contributed by atoms with E-state index in [2.05, 4.69) is 15.9 Å². The summed E-state index contributed by atoms with van der Waals surface area (Å²) >= 11 is 3.08. The molecule has 144 valence electrons. The number of carbonyl (C=O) groups excluding carboxylic acids is 1. The molecular formula is C15H21BrCl2F3N3O. The molecule has 4 nitrogen and oxygen atoms in total. The van der Waals surface area contributed by atoms with Crippen LogP contribution in [0.1, 0.15) is 19.4 Å². The molecular weight excluding hydrogens is 446 g/mol. The third-order valence-corrected chi connectivity index (χ3v) is 4.22. The summed E-state index contributed by atoms with van der Waals surface area (Å²) in [6.07, 6.45) is -4.43. The zero-order valence-electron chi connectivity index (χ0n) is 13.8. The molecule has 1 aromatic rings. The highest BCUT2D eigenvalue weighted by Crippen LogP contribution is 2.38. The third kappa shape index (κ3) is 5.91. The van der Waals surface area contributed by atoms with E-state index in [1.807, 2.05) is 0 Å². The molecule has 2 rings (SSSR count). The number of halogens is 6. The fraction of sp³-hybridized carbons (Fsp3) is 0.533. The molecule has 0 unspecified atom stereocenters. The first kappa shape index (κ1) is 24.3. The van der Waals surface area contributed by atoms with Gasteiger partial charge in [0.2, 0.25) is 5.91 Å². The van der Waals surface area contributed by atoms with Crippen LogP contribution in [0.3, 0.4) is 0 Å². The number of alkyl halides is 3. The summed E-state index contributed by atoms with van der Waals surface area (Å²) in [5, 5.41) is 0. The van der Waals surface area contributed by atoms with E-state index in [-0.39, 0.29) is 36.4 Å². The SMILES string of the molecule is CC(C)(N)C(=O)N1CCN(c2ccc(Br)cc2C(F)(F)F)CC1.Cl.Cl. The van der Waals surface area contributed by atoms with Gasteiger partial charge in [-0.25, -0.2) is 0 Å². The van der Waals surface area contributed by atoms with E-state index in [4.69, 9.17) is 5.73 Å². The fourth-order valence-corrected chi connectivity index (χ4v) is 2.93.